The molecule has 1 amide bonds. The molecule has 0 radical (unpaired) electrons. The van der Waals surface area contributed by atoms with Crippen molar-refractivity contribution in [3.63, 3.8) is 0 Å². The first-order chi connectivity index (χ1) is 13.9. The molecule has 2 saturated heterocycles. The Morgan fingerprint density at radius 2 is 2.41 bits per heavy atom. The molecule has 0 aromatic carbocycles. The molecule has 3 atom stereocenters. The molecule has 29 heavy (non-hydrogen) atoms. The van der Waals surface area contributed by atoms with Crippen LogP contribution in [0, 0.1) is 5.41 Å². The van der Waals surface area contributed by atoms with Crippen molar-refractivity contribution in [2.24, 2.45) is 0 Å². The molecule has 0 bridgehead atoms. The lowest BCUT2D eigenvalue weighted by molar-refractivity contribution is 0.103. The third kappa shape index (κ3) is 3.49. The van der Waals surface area contributed by atoms with Crippen molar-refractivity contribution in [2.75, 3.05) is 25.6 Å². The van der Waals surface area contributed by atoms with Crippen LogP contribution in [-0.2, 0) is 28.1 Å². The van der Waals surface area contributed by atoms with E-state index >= 15 is 0 Å². The van der Waals surface area contributed by atoms with Crippen LogP contribution in [0.25, 0.3) is 0 Å². The summed E-state index contributed by atoms with van der Waals surface area (Å²) in [5.41, 5.74) is -0.0104. The third-order valence-electron chi connectivity index (χ3n) is 5.04. The molecule has 2 aliphatic heterocycles. The minimum absolute atomic E-state index is 0.0288. The van der Waals surface area contributed by atoms with Crippen LogP contribution in [0.15, 0.2) is 24.3 Å². The number of guanidine groups is 1. The van der Waals surface area contributed by atoms with E-state index in [9.17, 15) is 9.35 Å². The summed E-state index contributed by atoms with van der Waals surface area (Å²) in [5, 5.41) is 14.0. The van der Waals surface area contributed by atoms with Gasteiger partial charge in [-0.15, -0.1) is 11.3 Å². The fourth-order valence-electron chi connectivity index (χ4n) is 3.46. The zero-order valence-electron chi connectivity index (χ0n) is 15.8. The Bertz CT molecular complexity index is 971. The largest absolute Gasteiger partial charge is 0.592 e. The molecule has 8 nitrogen and oxygen atoms in total. The summed E-state index contributed by atoms with van der Waals surface area (Å²) in [6.45, 7) is 2.50. The summed E-state index contributed by atoms with van der Waals surface area (Å²) in [4.78, 5) is 18.2. The number of amides is 1. The highest BCUT2D eigenvalue weighted by molar-refractivity contribution is 7.90. The van der Waals surface area contributed by atoms with Crippen LogP contribution >= 0.6 is 22.9 Å². The second kappa shape index (κ2) is 7.77. The Balaban J connectivity index is 1.63. The standard InChI is InChI=1S/C18H20ClN5O3S2/c1-3-10-5-4-6-14(21-10)22-16(25)12-7-11(19)15(28-12)18-9-27-8-13(18)29(26)24(2)17(20)23-18/h4-7,13H,3,8-9H2,1-2H3,(H2,20,23)(H,21,22,25). The average molecular weight is 454 g/mol. The molecule has 2 aromatic heterocycles. The number of ether oxygens (including phenoxy) is 1. The Morgan fingerprint density at radius 1 is 1.62 bits per heavy atom. The van der Waals surface area contributed by atoms with E-state index in [4.69, 9.17) is 21.7 Å². The van der Waals surface area contributed by atoms with Crippen molar-refractivity contribution in [1.29, 1.82) is 5.41 Å². The van der Waals surface area contributed by atoms with Gasteiger partial charge >= 0.3 is 0 Å². The lowest BCUT2D eigenvalue weighted by Crippen LogP contribution is -2.66. The van der Waals surface area contributed by atoms with Crippen LogP contribution in [0.3, 0.4) is 0 Å². The summed E-state index contributed by atoms with van der Waals surface area (Å²) in [5.74, 6) is 0.182. The van der Waals surface area contributed by atoms with E-state index in [1.165, 1.54) is 15.6 Å². The number of fused-ring (bicyclic) bond motifs is 1. The Morgan fingerprint density at radius 3 is 3.17 bits per heavy atom. The fourth-order valence-corrected chi connectivity index (χ4v) is 6.53. The monoisotopic (exact) mass is 453 g/mol. The van der Waals surface area contributed by atoms with Crippen molar-refractivity contribution in [3.05, 3.63) is 44.7 Å². The summed E-state index contributed by atoms with van der Waals surface area (Å²) in [6, 6.07) is 7.07. The normalized spacial score (nSPS) is 26.2. The molecule has 3 unspecified atom stereocenters. The smallest absolute Gasteiger partial charge is 0.266 e. The quantitative estimate of drug-likeness (QED) is 0.612. The van der Waals surface area contributed by atoms with Crippen LogP contribution in [0.1, 0.15) is 27.2 Å². The van der Waals surface area contributed by atoms with Crippen molar-refractivity contribution in [2.45, 2.75) is 24.1 Å². The van der Waals surface area contributed by atoms with Gasteiger partial charge in [-0.3, -0.25) is 10.2 Å². The molecular formula is C18H20ClN5O3S2. The van der Waals surface area contributed by atoms with Crippen molar-refractivity contribution >= 4 is 52.0 Å². The third-order valence-corrected chi connectivity index (χ3v) is 8.51. The molecule has 2 aromatic rings. The van der Waals surface area contributed by atoms with Gasteiger partial charge in [-0.05, 0) is 24.6 Å². The highest BCUT2D eigenvalue weighted by Gasteiger charge is 2.60. The predicted octanol–water partition coefficient (Wildman–Crippen LogP) is 2.34. The average Bonchev–Trinajstić information content (AvgIpc) is 3.31. The minimum atomic E-state index is -1.45. The second-order valence-corrected chi connectivity index (χ2v) is 9.96. The zero-order chi connectivity index (χ0) is 20.8. The van der Waals surface area contributed by atoms with Crippen LogP contribution in [0.2, 0.25) is 5.02 Å². The number of hydrogen-bond acceptors (Lipinski definition) is 6. The first-order valence-corrected chi connectivity index (χ1v) is 11.4. The van der Waals surface area contributed by atoms with Crippen molar-refractivity contribution in [3.8, 4) is 0 Å². The van der Waals surface area contributed by atoms with Gasteiger partial charge in [0.15, 0.2) is 10.8 Å². The number of thiophene rings is 1. The number of rotatable bonds is 4. The first kappa shape index (κ1) is 20.4. The van der Waals surface area contributed by atoms with E-state index in [2.05, 4.69) is 15.6 Å². The molecule has 4 heterocycles. The minimum Gasteiger partial charge on any atom is -0.592 e. The summed E-state index contributed by atoms with van der Waals surface area (Å²) >= 11 is 6.27. The molecule has 0 spiro atoms. The molecule has 0 saturated carbocycles. The van der Waals surface area contributed by atoms with E-state index in [-0.39, 0.29) is 25.1 Å². The van der Waals surface area contributed by atoms with Gasteiger partial charge in [0.1, 0.15) is 5.82 Å². The highest BCUT2D eigenvalue weighted by atomic mass is 35.5. The maximum atomic E-state index is 12.8. The number of aromatic nitrogens is 1. The number of nitrogens with one attached hydrogen (secondary N) is 3. The number of aryl methyl sites for hydroxylation is 1. The van der Waals surface area contributed by atoms with Gasteiger partial charge < -0.3 is 19.9 Å². The lowest BCUT2D eigenvalue weighted by atomic mass is 9.95. The van der Waals surface area contributed by atoms with E-state index in [0.717, 1.165) is 12.1 Å². The molecule has 4 rings (SSSR count). The highest BCUT2D eigenvalue weighted by Crippen LogP contribution is 2.45. The molecule has 3 N–H and O–H groups in total. The summed E-state index contributed by atoms with van der Waals surface area (Å²) in [7, 11) is 1.60. The number of carbonyl (C=O) groups is 1. The van der Waals surface area contributed by atoms with Crippen LogP contribution < -0.4 is 10.6 Å². The van der Waals surface area contributed by atoms with Gasteiger partial charge in [0.2, 0.25) is 5.96 Å². The fraction of sp³-hybridized carbons (Fsp3) is 0.389. The van der Waals surface area contributed by atoms with E-state index in [1.54, 1.807) is 19.2 Å². The van der Waals surface area contributed by atoms with Crippen LogP contribution in [0.5, 0.6) is 0 Å². The van der Waals surface area contributed by atoms with Gasteiger partial charge in [0.05, 0.1) is 46.4 Å². The Labute approximate surface area is 180 Å². The Hall–Kier alpha value is -1.85. The predicted molar refractivity (Wildman–Crippen MR) is 114 cm³/mol. The maximum absolute atomic E-state index is 12.8. The molecule has 154 valence electrons. The topological polar surface area (TPSA) is 113 Å². The van der Waals surface area contributed by atoms with Gasteiger partial charge in [-0.2, -0.15) is 4.31 Å². The number of halogens is 1. The molecule has 11 heteroatoms. The van der Waals surface area contributed by atoms with E-state index in [0.29, 0.717) is 20.6 Å². The Kier molecular flexibility index (Phi) is 5.47. The van der Waals surface area contributed by atoms with E-state index in [1.807, 2.05) is 19.1 Å². The summed E-state index contributed by atoms with van der Waals surface area (Å²) in [6.07, 6.45) is 0.770. The van der Waals surface area contributed by atoms with E-state index < -0.39 is 22.2 Å². The molecule has 2 fully saturated rings. The molecular weight excluding hydrogens is 434 g/mol. The number of anilines is 1. The lowest BCUT2D eigenvalue weighted by Gasteiger charge is -2.42. The molecule has 0 aliphatic carbocycles. The van der Waals surface area contributed by atoms with Crippen LogP contribution in [0.4, 0.5) is 5.82 Å². The van der Waals surface area contributed by atoms with Gasteiger partial charge in [-0.25, -0.2) is 4.98 Å². The number of nitrogens with zero attached hydrogens (tertiary/aromatic N) is 2. The SMILES string of the molecule is CCc1cccc(NC(=O)c2cc(Cl)c(C34COCC3[S+]([O-])N(C)C(=N)N4)s2)n1. The molecule has 2 aliphatic rings. The summed E-state index contributed by atoms with van der Waals surface area (Å²) < 4.78 is 19.8. The van der Waals surface area contributed by atoms with Crippen LogP contribution in [-0.4, -0.2) is 51.2 Å². The maximum Gasteiger partial charge on any atom is 0.266 e. The van der Waals surface area contributed by atoms with Gasteiger partial charge in [-0.1, -0.05) is 24.6 Å². The number of hydrogen-bond donors (Lipinski definition) is 3. The number of pyridine rings is 1. The first-order valence-electron chi connectivity index (χ1n) is 9.01. The van der Waals surface area contributed by atoms with Gasteiger partial charge in [0, 0.05) is 5.69 Å². The van der Waals surface area contributed by atoms with Crippen molar-refractivity contribution < 1.29 is 14.1 Å². The number of carbonyl (C=O) groups excluding carboxylic acids is 1. The zero-order valence-corrected chi connectivity index (χ0v) is 18.2. The second-order valence-electron chi connectivity index (χ2n) is 6.83. The van der Waals surface area contributed by atoms with Gasteiger partial charge in [0.25, 0.3) is 5.91 Å². The van der Waals surface area contributed by atoms with Crippen molar-refractivity contribution in [1.82, 2.24) is 14.6 Å².